The number of hydrogen-bond acceptors (Lipinski definition) is 3. The van der Waals surface area contributed by atoms with Gasteiger partial charge in [0.2, 0.25) is 11.8 Å². The summed E-state index contributed by atoms with van der Waals surface area (Å²) in [6.45, 7) is 2.21. The summed E-state index contributed by atoms with van der Waals surface area (Å²) in [5.74, 6) is -0.116. The van der Waals surface area contributed by atoms with E-state index in [1.165, 1.54) is 0 Å². The van der Waals surface area contributed by atoms with Crippen LogP contribution in [0.2, 0.25) is 0 Å². The maximum atomic E-state index is 13.4. The highest BCUT2D eigenvalue weighted by molar-refractivity contribution is 5.84. The van der Waals surface area contributed by atoms with Crippen molar-refractivity contribution in [3.05, 3.63) is 83.4 Å². The SMILES string of the molecule is O=C1NC2CN(Cc3ccccc32)C(=O)CCCOC/C=C/CCC1c1ccccc1. The molecule has 2 unspecified atom stereocenters. The molecule has 2 aliphatic rings. The molecule has 2 heterocycles. The third kappa shape index (κ3) is 5.42. The van der Waals surface area contributed by atoms with Crippen LogP contribution >= 0.6 is 0 Å². The first-order chi connectivity index (χ1) is 15.2. The van der Waals surface area contributed by atoms with Crippen LogP contribution in [0.3, 0.4) is 0 Å². The lowest BCUT2D eigenvalue weighted by atomic mass is 9.91. The van der Waals surface area contributed by atoms with Gasteiger partial charge in [-0.3, -0.25) is 9.59 Å². The zero-order chi connectivity index (χ0) is 21.5. The average molecular weight is 419 g/mol. The highest BCUT2D eigenvalue weighted by atomic mass is 16.5. The molecule has 5 heteroatoms. The molecule has 0 aromatic heterocycles. The quantitative estimate of drug-likeness (QED) is 0.709. The molecule has 0 aliphatic carbocycles. The van der Waals surface area contributed by atoms with E-state index < -0.39 is 0 Å². The molecule has 2 atom stereocenters. The molecule has 2 amide bonds. The van der Waals surface area contributed by atoms with Crippen LogP contribution in [0.4, 0.5) is 0 Å². The van der Waals surface area contributed by atoms with E-state index in [0.717, 1.165) is 29.5 Å². The molecule has 0 radical (unpaired) electrons. The molecule has 4 rings (SSSR count). The van der Waals surface area contributed by atoms with Crippen LogP contribution in [0.15, 0.2) is 66.7 Å². The lowest BCUT2D eigenvalue weighted by molar-refractivity contribution is -0.134. The standard InChI is InChI=1S/C26H30N2O3/c29-25-15-9-17-31-16-8-2-5-14-23(20-10-3-1-4-11-20)26(30)27-24-19-28(25)18-21-12-6-7-13-22(21)24/h1-4,6-8,10-13,23-24H,5,9,14-19H2,(H,27,30)/b8-2+. The van der Waals surface area contributed by atoms with Crippen LogP contribution in [-0.4, -0.2) is 36.5 Å². The average Bonchev–Trinajstić information content (AvgIpc) is 2.80. The Morgan fingerprint density at radius 1 is 0.968 bits per heavy atom. The Morgan fingerprint density at radius 2 is 1.77 bits per heavy atom. The summed E-state index contributed by atoms with van der Waals surface area (Å²) in [6, 6.07) is 17.8. The third-order valence-electron chi connectivity index (χ3n) is 6.06. The van der Waals surface area contributed by atoms with Gasteiger partial charge in [-0.15, -0.1) is 0 Å². The highest BCUT2D eigenvalue weighted by Gasteiger charge is 2.31. The summed E-state index contributed by atoms with van der Waals surface area (Å²) in [7, 11) is 0. The molecule has 0 fully saturated rings. The number of carbonyl (C=O) groups is 2. The van der Waals surface area contributed by atoms with E-state index >= 15 is 0 Å². The van der Waals surface area contributed by atoms with Crippen LogP contribution in [0.5, 0.6) is 0 Å². The summed E-state index contributed by atoms with van der Waals surface area (Å²) < 4.78 is 5.64. The van der Waals surface area contributed by atoms with Crippen molar-refractivity contribution in [2.75, 3.05) is 19.8 Å². The molecular formula is C26H30N2O3. The van der Waals surface area contributed by atoms with E-state index in [1.54, 1.807) is 0 Å². The van der Waals surface area contributed by atoms with Crippen molar-refractivity contribution >= 4 is 11.8 Å². The Balaban J connectivity index is 1.62. The van der Waals surface area contributed by atoms with Crippen molar-refractivity contribution < 1.29 is 14.3 Å². The molecule has 2 aromatic carbocycles. The fraction of sp³-hybridized carbons (Fsp3) is 0.385. The predicted molar refractivity (Wildman–Crippen MR) is 120 cm³/mol. The zero-order valence-electron chi connectivity index (χ0n) is 17.8. The molecule has 0 spiro atoms. The topological polar surface area (TPSA) is 58.6 Å². The van der Waals surface area contributed by atoms with Gasteiger partial charge in [-0.05, 0) is 36.0 Å². The summed E-state index contributed by atoms with van der Waals surface area (Å²) >= 11 is 0. The summed E-state index contributed by atoms with van der Waals surface area (Å²) in [4.78, 5) is 28.1. The Labute approximate surface area is 184 Å². The Bertz CT molecular complexity index is 925. The number of rotatable bonds is 1. The molecular weight excluding hydrogens is 388 g/mol. The van der Waals surface area contributed by atoms with E-state index in [4.69, 9.17) is 4.74 Å². The molecule has 162 valence electrons. The van der Waals surface area contributed by atoms with E-state index in [0.29, 0.717) is 39.1 Å². The molecule has 31 heavy (non-hydrogen) atoms. The van der Waals surface area contributed by atoms with Gasteiger partial charge in [-0.2, -0.15) is 0 Å². The first-order valence-electron chi connectivity index (χ1n) is 11.2. The van der Waals surface area contributed by atoms with Crippen molar-refractivity contribution in [2.45, 2.75) is 44.2 Å². The second kappa shape index (κ2) is 10.4. The number of allylic oxidation sites excluding steroid dienone is 1. The molecule has 0 saturated heterocycles. The summed E-state index contributed by atoms with van der Waals surface area (Å²) in [6.07, 6.45) is 6.78. The molecule has 1 N–H and O–H groups in total. The van der Waals surface area contributed by atoms with Crippen molar-refractivity contribution in [1.82, 2.24) is 10.2 Å². The number of ether oxygens (including phenoxy) is 1. The number of nitrogens with one attached hydrogen (secondary N) is 1. The second-order valence-corrected chi connectivity index (χ2v) is 8.22. The minimum Gasteiger partial charge on any atom is -0.377 e. The monoisotopic (exact) mass is 418 g/mol. The van der Waals surface area contributed by atoms with Gasteiger partial charge in [-0.25, -0.2) is 0 Å². The Hall–Kier alpha value is -2.92. The predicted octanol–water partition coefficient (Wildman–Crippen LogP) is 4.12. The third-order valence-corrected chi connectivity index (χ3v) is 6.06. The number of nitrogens with zero attached hydrogens (tertiary/aromatic N) is 1. The molecule has 5 nitrogen and oxygen atoms in total. The fourth-order valence-electron chi connectivity index (χ4n) is 4.41. The number of carbonyl (C=O) groups excluding carboxylic acids is 2. The largest absolute Gasteiger partial charge is 0.377 e. The molecule has 2 bridgehead atoms. The van der Waals surface area contributed by atoms with Crippen LogP contribution in [-0.2, 0) is 20.9 Å². The van der Waals surface area contributed by atoms with Crippen molar-refractivity contribution in [2.24, 2.45) is 0 Å². The second-order valence-electron chi connectivity index (χ2n) is 8.22. The Kier molecular flexibility index (Phi) is 7.15. The molecule has 2 aliphatic heterocycles. The van der Waals surface area contributed by atoms with Crippen LogP contribution < -0.4 is 5.32 Å². The first kappa shape index (κ1) is 21.3. The van der Waals surface area contributed by atoms with Crippen LogP contribution in [0.25, 0.3) is 0 Å². The molecule has 0 saturated carbocycles. The van der Waals surface area contributed by atoms with Gasteiger partial charge in [0.05, 0.1) is 18.6 Å². The van der Waals surface area contributed by atoms with E-state index in [-0.39, 0.29) is 23.8 Å². The fourth-order valence-corrected chi connectivity index (χ4v) is 4.41. The maximum absolute atomic E-state index is 13.4. The van der Waals surface area contributed by atoms with Crippen molar-refractivity contribution in [3.8, 4) is 0 Å². The van der Waals surface area contributed by atoms with Crippen molar-refractivity contribution in [3.63, 3.8) is 0 Å². The minimum atomic E-state index is -0.238. The van der Waals surface area contributed by atoms with Gasteiger partial charge in [0, 0.05) is 26.1 Å². The number of hydrogen-bond donors (Lipinski definition) is 1. The lowest BCUT2D eigenvalue weighted by Crippen LogP contribution is -2.45. The van der Waals surface area contributed by atoms with Gasteiger partial charge in [0.1, 0.15) is 0 Å². The number of benzene rings is 2. The van der Waals surface area contributed by atoms with Gasteiger partial charge in [0.15, 0.2) is 0 Å². The summed E-state index contributed by atoms with van der Waals surface area (Å²) in [5.41, 5.74) is 3.22. The first-order valence-corrected chi connectivity index (χ1v) is 11.2. The van der Waals surface area contributed by atoms with Crippen LogP contribution in [0, 0.1) is 0 Å². The van der Waals surface area contributed by atoms with Gasteiger partial charge in [0.25, 0.3) is 0 Å². The lowest BCUT2D eigenvalue weighted by Gasteiger charge is -2.36. The van der Waals surface area contributed by atoms with Gasteiger partial charge < -0.3 is 15.0 Å². The highest BCUT2D eigenvalue weighted by Crippen LogP contribution is 2.29. The number of amides is 2. The van der Waals surface area contributed by atoms with Crippen molar-refractivity contribution in [1.29, 1.82) is 0 Å². The van der Waals surface area contributed by atoms with E-state index in [2.05, 4.69) is 23.5 Å². The Morgan fingerprint density at radius 3 is 2.65 bits per heavy atom. The maximum Gasteiger partial charge on any atom is 0.228 e. The van der Waals surface area contributed by atoms with E-state index in [1.807, 2.05) is 53.4 Å². The van der Waals surface area contributed by atoms with Gasteiger partial charge in [-0.1, -0.05) is 66.7 Å². The number of fused-ring (bicyclic) bond motifs is 4. The van der Waals surface area contributed by atoms with Crippen LogP contribution in [0.1, 0.15) is 54.3 Å². The van der Waals surface area contributed by atoms with Gasteiger partial charge >= 0.3 is 0 Å². The van der Waals surface area contributed by atoms with E-state index in [9.17, 15) is 9.59 Å². The minimum absolute atomic E-state index is 0.0112. The zero-order valence-corrected chi connectivity index (χ0v) is 17.8. The smallest absolute Gasteiger partial charge is 0.228 e. The molecule has 2 aromatic rings. The summed E-state index contributed by atoms with van der Waals surface area (Å²) in [5, 5.41) is 3.27. The normalized spacial score (nSPS) is 24.2.